The van der Waals surface area contributed by atoms with Gasteiger partial charge in [0.25, 0.3) is 0 Å². The molecular weight excluding hydrogens is 1080 g/mol. The third-order valence-electron chi connectivity index (χ3n) is 14.6. The predicted octanol–water partition coefficient (Wildman–Crippen LogP) is 20.6. The van der Waals surface area contributed by atoms with Gasteiger partial charge in [-0.1, -0.05) is 282 Å². The van der Waals surface area contributed by atoms with E-state index in [1.54, 1.807) is 0 Å². The van der Waals surface area contributed by atoms with Crippen LogP contribution in [0.4, 0.5) is 0 Å². The van der Waals surface area contributed by atoms with E-state index < -0.39 is 24.3 Å². The Morgan fingerprint density at radius 2 is 0.655 bits per heavy atom. The van der Waals surface area contributed by atoms with Crippen molar-refractivity contribution in [2.75, 3.05) is 47.5 Å². The minimum Gasteiger partial charge on any atom is -0.545 e. The van der Waals surface area contributed by atoms with Crippen LogP contribution in [0.1, 0.15) is 271 Å². The van der Waals surface area contributed by atoms with Crippen molar-refractivity contribution < 1.29 is 42.9 Å². The molecule has 0 heterocycles. The van der Waals surface area contributed by atoms with Crippen LogP contribution in [0.25, 0.3) is 0 Å². The Labute approximate surface area is 534 Å². The molecule has 0 aliphatic carbocycles. The highest BCUT2D eigenvalue weighted by atomic mass is 16.7. The zero-order chi connectivity index (χ0) is 63.3. The van der Waals surface area contributed by atoms with Gasteiger partial charge in [0.1, 0.15) is 13.2 Å². The maximum atomic E-state index is 12.9. The number of hydrogen-bond donors (Lipinski definition) is 0. The summed E-state index contributed by atoms with van der Waals surface area (Å²) >= 11 is 0. The molecule has 0 spiro atoms. The number of carboxylic acid groups (broad SMARTS) is 1. The molecule has 0 amide bonds. The Kier molecular flexibility index (Phi) is 63.4. The highest BCUT2D eigenvalue weighted by Crippen LogP contribution is 2.16. The van der Waals surface area contributed by atoms with Gasteiger partial charge in [0, 0.05) is 12.8 Å². The van der Waals surface area contributed by atoms with Gasteiger partial charge in [-0.2, -0.15) is 0 Å². The molecule has 0 aromatic rings. The van der Waals surface area contributed by atoms with E-state index in [0.717, 1.165) is 128 Å². The number of carbonyl (C=O) groups is 3. The lowest BCUT2D eigenvalue weighted by molar-refractivity contribution is -0.870. The van der Waals surface area contributed by atoms with Gasteiger partial charge in [0.05, 0.1) is 40.3 Å². The molecule has 0 aromatic carbocycles. The van der Waals surface area contributed by atoms with E-state index in [2.05, 4.69) is 160 Å². The van der Waals surface area contributed by atoms with E-state index in [1.807, 2.05) is 21.1 Å². The molecule has 9 nitrogen and oxygen atoms in total. The fourth-order valence-corrected chi connectivity index (χ4v) is 9.24. The number of ether oxygens (including phenoxy) is 4. The van der Waals surface area contributed by atoms with E-state index in [-0.39, 0.29) is 38.6 Å². The largest absolute Gasteiger partial charge is 0.545 e. The minimum atomic E-state index is -1.63. The van der Waals surface area contributed by atoms with Crippen molar-refractivity contribution in [3.63, 3.8) is 0 Å². The smallest absolute Gasteiger partial charge is 0.306 e. The number of carbonyl (C=O) groups excluding carboxylic acids is 3. The van der Waals surface area contributed by atoms with Gasteiger partial charge in [0.15, 0.2) is 12.4 Å². The fraction of sp³-hybridized carbons (Fsp3) is 0.654. The second-order valence-corrected chi connectivity index (χ2v) is 24.1. The van der Waals surface area contributed by atoms with Gasteiger partial charge in [-0.15, -0.1) is 0 Å². The lowest BCUT2D eigenvalue weighted by atomic mass is 10.0. The van der Waals surface area contributed by atoms with Gasteiger partial charge in [-0.25, -0.2) is 0 Å². The maximum Gasteiger partial charge on any atom is 0.306 e. The number of esters is 2. The number of carboxylic acids is 1. The SMILES string of the molecule is CC/C=C\C/C=C\C/C=C\C/C=C\C/C=C\C/C=C\C/C=C\C/C=C\C/C=C\CCCCCCCCCCCC(=O)OC(COC(=O)CCCCCCCCCCCC/C=C\C/C=C\C/C=C\CCCCCCC)COC(OCC[N+](C)(C)C)C(=O)[O-]. The molecule has 0 saturated heterocycles. The van der Waals surface area contributed by atoms with Crippen molar-refractivity contribution in [2.45, 2.75) is 283 Å². The molecule has 9 heteroatoms. The quantitative estimate of drug-likeness (QED) is 0.0195. The topological polar surface area (TPSA) is 111 Å². The zero-order valence-corrected chi connectivity index (χ0v) is 56.3. The molecule has 0 radical (unpaired) electrons. The number of hydrogen-bond acceptors (Lipinski definition) is 8. The van der Waals surface area contributed by atoms with Crippen LogP contribution in [0.5, 0.6) is 0 Å². The third-order valence-corrected chi connectivity index (χ3v) is 14.6. The first kappa shape index (κ1) is 82.2. The maximum absolute atomic E-state index is 12.9. The van der Waals surface area contributed by atoms with Crippen molar-refractivity contribution in [1.82, 2.24) is 0 Å². The first-order valence-corrected chi connectivity index (χ1v) is 35.0. The summed E-state index contributed by atoms with van der Waals surface area (Å²) in [7, 11) is 5.92. The molecule has 87 heavy (non-hydrogen) atoms. The summed E-state index contributed by atoms with van der Waals surface area (Å²) < 4.78 is 22.8. The summed E-state index contributed by atoms with van der Waals surface area (Å²) in [5.41, 5.74) is 0. The molecule has 0 bridgehead atoms. The number of aliphatic carboxylic acids is 1. The molecule has 0 rings (SSSR count). The second kappa shape index (κ2) is 67.1. The Morgan fingerprint density at radius 1 is 0.356 bits per heavy atom. The van der Waals surface area contributed by atoms with E-state index in [9.17, 15) is 19.5 Å². The van der Waals surface area contributed by atoms with Crippen LogP contribution in [-0.2, 0) is 33.3 Å². The van der Waals surface area contributed by atoms with Crippen molar-refractivity contribution in [2.24, 2.45) is 0 Å². The van der Waals surface area contributed by atoms with Gasteiger partial charge in [-0.3, -0.25) is 9.59 Å². The zero-order valence-electron chi connectivity index (χ0n) is 56.3. The Bertz CT molecular complexity index is 1940. The Balaban J connectivity index is 4.20. The lowest BCUT2D eigenvalue weighted by Gasteiger charge is -2.26. The summed E-state index contributed by atoms with van der Waals surface area (Å²) in [4.78, 5) is 37.5. The summed E-state index contributed by atoms with van der Waals surface area (Å²) in [6.07, 6.45) is 94.8. The molecular formula is C78H129NO8. The third kappa shape index (κ3) is 68.5. The average Bonchev–Trinajstić information content (AvgIpc) is 3.57. The molecule has 0 saturated carbocycles. The lowest BCUT2D eigenvalue weighted by Crippen LogP contribution is -2.44. The number of nitrogens with zero attached hydrogens (tertiary/aromatic N) is 1. The molecule has 2 unspecified atom stereocenters. The average molecular weight is 1210 g/mol. The van der Waals surface area contributed by atoms with Gasteiger partial charge >= 0.3 is 11.9 Å². The number of quaternary nitrogens is 1. The monoisotopic (exact) mass is 1210 g/mol. The fourth-order valence-electron chi connectivity index (χ4n) is 9.24. The van der Waals surface area contributed by atoms with Crippen LogP contribution in [-0.4, -0.2) is 82.3 Å². The molecule has 0 aliphatic heterocycles. The van der Waals surface area contributed by atoms with Crippen LogP contribution >= 0.6 is 0 Å². The molecule has 0 aliphatic rings. The molecule has 494 valence electrons. The predicted molar refractivity (Wildman–Crippen MR) is 370 cm³/mol. The van der Waals surface area contributed by atoms with Crippen LogP contribution in [0.3, 0.4) is 0 Å². The second-order valence-electron chi connectivity index (χ2n) is 24.1. The Morgan fingerprint density at radius 3 is 0.977 bits per heavy atom. The number of unbranched alkanes of at least 4 members (excludes halogenated alkanes) is 24. The summed E-state index contributed by atoms with van der Waals surface area (Å²) in [6, 6.07) is 0. The van der Waals surface area contributed by atoms with Crippen LogP contribution < -0.4 is 5.11 Å². The van der Waals surface area contributed by atoms with Gasteiger partial charge in [0.2, 0.25) is 0 Å². The standard InChI is InChI=1S/C78H129NO8/c1-6-8-10-12-14-16-18-20-22-24-26-28-30-32-33-34-35-36-37-38-39-40-41-42-43-45-47-49-51-53-55-57-59-61-63-65-67-69-76(81)87-74(73-86-78(77(82)83)84-71-70-79(3,4)5)72-85-75(80)68-66-64-62-60-58-56-54-52-50-48-46-44-31-29-27-25-23-21-19-17-15-13-11-9-7-2/h8,10,14,16,19-22,25-28,31-33,35-36,38-39,41-42,44-45,47,74,78H,6-7,9,11-13,15,17-18,23-24,29-30,34,37,40,43,46,48-73H2,1-5H3/b10-8-,16-14-,21-19-,22-20-,27-25-,28-26-,33-32-,36-35-,39-38-,42-41-,44-31-,47-45-. The molecule has 2 atom stereocenters. The molecule has 0 N–H and O–H groups in total. The minimum absolute atomic E-state index is 0.139. The van der Waals surface area contributed by atoms with Crippen molar-refractivity contribution in [3.8, 4) is 0 Å². The summed E-state index contributed by atoms with van der Waals surface area (Å²) in [6.45, 7) is 4.61. The summed E-state index contributed by atoms with van der Waals surface area (Å²) in [5, 5.41) is 11.8. The number of rotatable bonds is 63. The molecule has 0 aromatic heterocycles. The molecule has 0 fully saturated rings. The highest BCUT2D eigenvalue weighted by molar-refractivity contribution is 5.70. The number of likely N-dealkylation sites (N-methyl/N-ethyl adjacent to an activating group) is 1. The summed E-state index contributed by atoms with van der Waals surface area (Å²) in [5.74, 6) is -2.30. The van der Waals surface area contributed by atoms with Gasteiger partial charge in [-0.05, 0) is 122 Å². The van der Waals surface area contributed by atoms with E-state index >= 15 is 0 Å². The van der Waals surface area contributed by atoms with Crippen LogP contribution in [0, 0.1) is 0 Å². The number of allylic oxidation sites excluding steroid dienone is 24. The van der Waals surface area contributed by atoms with E-state index in [4.69, 9.17) is 18.9 Å². The van der Waals surface area contributed by atoms with Crippen LogP contribution in [0.15, 0.2) is 146 Å². The first-order chi connectivity index (χ1) is 42.6. The Hall–Kier alpha value is -4.83. The van der Waals surface area contributed by atoms with Gasteiger partial charge < -0.3 is 33.3 Å². The van der Waals surface area contributed by atoms with Crippen molar-refractivity contribution in [1.29, 1.82) is 0 Å². The highest BCUT2D eigenvalue weighted by Gasteiger charge is 2.22. The van der Waals surface area contributed by atoms with E-state index in [0.29, 0.717) is 17.4 Å². The van der Waals surface area contributed by atoms with Crippen LogP contribution in [0.2, 0.25) is 0 Å². The van der Waals surface area contributed by atoms with Crippen molar-refractivity contribution >= 4 is 17.9 Å². The van der Waals surface area contributed by atoms with Crippen molar-refractivity contribution in [3.05, 3.63) is 146 Å². The normalized spacial score (nSPS) is 13.6. The van der Waals surface area contributed by atoms with E-state index in [1.165, 1.54) is 109 Å². The first-order valence-electron chi connectivity index (χ1n) is 35.0.